The highest BCUT2D eigenvalue weighted by Crippen LogP contribution is 2.28. The van der Waals surface area contributed by atoms with Crippen LogP contribution in [0.5, 0.6) is 0 Å². The maximum absolute atomic E-state index is 12.4. The van der Waals surface area contributed by atoms with Crippen LogP contribution in [-0.4, -0.2) is 32.5 Å². The van der Waals surface area contributed by atoms with Gasteiger partial charge in [-0.05, 0) is 31.6 Å². The Hall–Kier alpha value is -0.990. The molecule has 0 aliphatic heterocycles. The van der Waals surface area contributed by atoms with Gasteiger partial charge in [-0.15, -0.1) is 11.3 Å². The molecule has 0 bridgehead atoms. The zero-order chi connectivity index (χ0) is 15.5. The van der Waals surface area contributed by atoms with Crippen molar-refractivity contribution in [3.63, 3.8) is 0 Å². The first kappa shape index (κ1) is 16.4. The van der Waals surface area contributed by atoms with E-state index in [-0.39, 0.29) is 15.9 Å². The number of hydrogen-bond acceptors (Lipinski definition) is 6. The molecule has 0 atom stereocenters. The monoisotopic (exact) mass is 332 g/mol. The molecule has 1 fully saturated rings. The third-order valence-electron chi connectivity index (χ3n) is 3.90. The first-order chi connectivity index (χ1) is 9.97. The summed E-state index contributed by atoms with van der Waals surface area (Å²) in [7, 11) is -2.52. The molecule has 0 unspecified atom stereocenters. The molecule has 0 amide bonds. The lowest BCUT2D eigenvalue weighted by molar-refractivity contribution is 0.0590. The molecule has 8 heteroatoms. The molecular formula is C13H20N2O4S2. The summed E-state index contributed by atoms with van der Waals surface area (Å²) < 4.78 is 32.0. The predicted octanol–water partition coefficient (Wildman–Crippen LogP) is 2.18. The van der Waals surface area contributed by atoms with Crippen molar-refractivity contribution in [3.8, 4) is 0 Å². The number of thiazole rings is 1. The van der Waals surface area contributed by atoms with Crippen LogP contribution < -0.4 is 4.72 Å². The molecule has 0 radical (unpaired) electrons. The molecule has 0 aromatic carbocycles. The van der Waals surface area contributed by atoms with E-state index in [1.54, 1.807) is 0 Å². The van der Waals surface area contributed by atoms with E-state index < -0.39 is 16.0 Å². The molecule has 1 aliphatic rings. The number of ether oxygens (including phenoxy) is 1. The number of carbonyl (C=O) groups excluding carboxylic acids is 1. The fourth-order valence-electron chi connectivity index (χ4n) is 2.62. The van der Waals surface area contributed by atoms with Gasteiger partial charge in [-0.2, -0.15) is 0 Å². The van der Waals surface area contributed by atoms with Gasteiger partial charge in [0, 0.05) is 6.04 Å². The summed E-state index contributed by atoms with van der Waals surface area (Å²) >= 11 is 0.931. The van der Waals surface area contributed by atoms with Crippen LogP contribution in [0.2, 0.25) is 0 Å². The van der Waals surface area contributed by atoms with Crippen molar-refractivity contribution in [2.75, 3.05) is 7.11 Å². The smallest absolute Gasteiger partial charge is 0.358 e. The number of methoxy groups -OCH3 is 1. The van der Waals surface area contributed by atoms with E-state index in [9.17, 15) is 13.2 Å². The third-order valence-corrected chi connectivity index (χ3v) is 6.79. The Morgan fingerprint density at radius 3 is 2.67 bits per heavy atom. The van der Waals surface area contributed by atoms with Crippen LogP contribution in [-0.2, 0) is 14.8 Å². The van der Waals surface area contributed by atoms with Gasteiger partial charge in [0.25, 0.3) is 10.0 Å². The van der Waals surface area contributed by atoms with Crippen molar-refractivity contribution in [1.82, 2.24) is 9.71 Å². The SMILES string of the molecule is CCC1CCC(NS(=O)(=O)c2scnc2C(=O)OC)CC1. The maximum atomic E-state index is 12.4. The van der Waals surface area contributed by atoms with Crippen molar-refractivity contribution in [2.24, 2.45) is 5.92 Å². The molecule has 21 heavy (non-hydrogen) atoms. The quantitative estimate of drug-likeness (QED) is 0.835. The van der Waals surface area contributed by atoms with Gasteiger partial charge in [0.2, 0.25) is 0 Å². The lowest BCUT2D eigenvalue weighted by Gasteiger charge is -2.28. The summed E-state index contributed by atoms with van der Waals surface area (Å²) in [5.41, 5.74) is 1.20. The van der Waals surface area contributed by atoms with E-state index in [0.717, 1.165) is 43.4 Å². The van der Waals surface area contributed by atoms with Crippen molar-refractivity contribution in [2.45, 2.75) is 49.3 Å². The lowest BCUT2D eigenvalue weighted by Crippen LogP contribution is -2.37. The first-order valence-corrected chi connectivity index (χ1v) is 9.38. The van der Waals surface area contributed by atoms with Gasteiger partial charge in [-0.25, -0.2) is 22.9 Å². The molecule has 1 heterocycles. The number of esters is 1. The van der Waals surface area contributed by atoms with Gasteiger partial charge < -0.3 is 4.74 Å². The standard InChI is InChI=1S/C13H20N2O4S2/c1-3-9-4-6-10(7-5-9)15-21(17,18)13-11(12(16)19-2)14-8-20-13/h8-10,15H,3-7H2,1-2H3. The Labute approximate surface area is 129 Å². The average molecular weight is 332 g/mol. The van der Waals surface area contributed by atoms with Crippen LogP contribution in [0, 0.1) is 5.92 Å². The molecular weight excluding hydrogens is 312 g/mol. The highest BCUT2D eigenvalue weighted by atomic mass is 32.2. The molecule has 6 nitrogen and oxygen atoms in total. The zero-order valence-corrected chi connectivity index (χ0v) is 13.8. The molecule has 1 aliphatic carbocycles. The minimum absolute atomic E-state index is 0.0630. The Kier molecular flexibility index (Phi) is 5.34. The van der Waals surface area contributed by atoms with Crippen molar-refractivity contribution < 1.29 is 17.9 Å². The Bertz CT molecular complexity index is 589. The summed E-state index contributed by atoms with van der Waals surface area (Å²) in [5, 5.41) is 0. The molecule has 0 spiro atoms. The van der Waals surface area contributed by atoms with Gasteiger partial charge >= 0.3 is 5.97 Å². The Balaban J connectivity index is 2.09. The van der Waals surface area contributed by atoms with Crippen molar-refractivity contribution >= 4 is 27.3 Å². The summed E-state index contributed by atoms with van der Waals surface area (Å²) in [6, 6.07) is -0.0644. The topological polar surface area (TPSA) is 85.4 Å². The highest BCUT2D eigenvalue weighted by molar-refractivity contribution is 7.91. The first-order valence-electron chi connectivity index (χ1n) is 7.02. The van der Waals surface area contributed by atoms with Crippen LogP contribution in [0.25, 0.3) is 0 Å². The third kappa shape index (κ3) is 3.81. The van der Waals surface area contributed by atoms with E-state index in [4.69, 9.17) is 0 Å². The molecule has 1 aromatic rings. The molecule has 1 aromatic heterocycles. The summed E-state index contributed by atoms with van der Waals surface area (Å²) in [6.45, 7) is 2.16. The summed E-state index contributed by atoms with van der Waals surface area (Å²) in [4.78, 5) is 15.3. The predicted molar refractivity (Wildman–Crippen MR) is 79.8 cm³/mol. The van der Waals surface area contributed by atoms with Gasteiger partial charge in [0.1, 0.15) is 0 Å². The number of hydrogen-bond donors (Lipinski definition) is 1. The number of rotatable bonds is 5. The zero-order valence-electron chi connectivity index (χ0n) is 12.2. The van der Waals surface area contributed by atoms with E-state index in [2.05, 4.69) is 21.4 Å². The Morgan fingerprint density at radius 1 is 1.43 bits per heavy atom. The van der Waals surface area contributed by atoms with Crippen LogP contribution in [0.1, 0.15) is 49.5 Å². The fourth-order valence-corrected chi connectivity index (χ4v) is 5.07. The number of sulfonamides is 1. The van der Waals surface area contributed by atoms with Crippen molar-refractivity contribution in [1.29, 1.82) is 0 Å². The second-order valence-corrected chi connectivity index (χ2v) is 7.99. The van der Waals surface area contributed by atoms with Crippen LogP contribution in [0.15, 0.2) is 9.72 Å². The van der Waals surface area contributed by atoms with Gasteiger partial charge in [-0.3, -0.25) is 0 Å². The molecule has 118 valence electrons. The van der Waals surface area contributed by atoms with E-state index >= 15 is 0 Å². The maximum Gasteiger partial charge on any atom is 0.358 e. The van der Waals surface area contributed by atoms with Gasteiger partial charge in [0.05, 0.1) is 12.6 Å². The van der Waals surface area contributed by atoms with Crippen molar-refractivity contribution in [3.05, 3.63) is 11.2 Å². The average Bonchev–Trinajstić information content (AvgIpc) is 2.97. The minimum atomic E-state index is -3.72. The van der Waals surface area contributed by atoms with Crippen LogP contribution >= 0.6 is 11.3 Å². The summed E-state index contributed by atoms with van der Waals surface area (Å²) in [5.74, 6) is -0.0360. The number of nitrogens with one attached hydrogen (secondary N) is 1. The molecule has 2 rings (SSSR count). The van der Waals surface area contributed by atoms with Crippen LogP contribution in [0.4, 0.5) is 0 Å². The molecule has 1 N–H and O–H groups in total. The second kappa shape index (κ2) is 6.85. The van der Waals surface area contributed by atoms with E-state index in [1.165, 1.54) is 12.6 Å². The Morgan fingerprint density at radius 2 is 2.10 bits per heavy atom. The van der Waals surface area contributed by atoms with Gasteiger partial charge in [0.15, 0.2) is 9.90 Å². The second-order valence-electron chi connectivity index (χ2n) is 5.23. The highest BCUT2D eigenvalue weighted by Gasteiger charge is 2.30. The number of aromatic nitrogens is 1. The lowest BCUT2D eigenvalue weighted by atomic mass is 9.85. The molecule has 1 saturated carbocycles. The normalized spacial score (nSPS) is 23.0. The van der Waals surface area contributed by atoms with Crippen LogP contribution in [0.3, 0.4) is 0 Å². The summed E-state index contributed by atoms with van der Waals surface area (Å²) in [6.07, 6.45) is 4.89. The largest absolute Gasteiger partial charge is 0.464 e. The van der Waals surface area contributed by atoms with Gasteiger partial charge in [-0.1, -0.05) is 13.3 Å². The molecule has 0 saturated heterocycles. The number of carbonyl (C=O) groups is 1. The fraction of sp³-hybridized carbons (Fsp3) is 0.692. The number of nitrogens with zero attached hydrogens (tertiary/aromatic N) is 1. The minimum Gasteiger partial charge on any atom is -0.464 e. The van der Waals surface area contributed by atoms with E-state index in [0.29, 0.717) is 5.92 Å². The van der Waals surface area contributed by atoms with E-state index in [1.807, 2.05) is 0 Å².